The smallest absolute Gasteiger partial charge is 0.251 e. The van der Waals surface area contributed by atoms with Gasteiger partial charge in [0.05, 0.1) is 17.5 Å². The van der Waals surface area contributed by atoms with Crippen LogP contribution in [0.1, 0.15) is 41.1 Å². The molecular formula is C21H22N2O4S. The van der Waals surface area contributed by atoms with E-state index in [1.807, 2.05) is 38.1 Å². The number of sulfonamides is 1. The minimum Gasteiger partial charge on any atom is -0.459 e. The molecule has 146 valence electrons. The molecular weight excluding hydrogens is 376 g/mol. The molecule has 0 bridgehead atoms. The van der Waals surface area contributed by atoms with Gasteiger partial charge in [-0.25, -0.2) is 8.42 Å². The molecule has 1 saturated heterocycles. The summed E-state index contributed by atoms with van der Waals surface area (Å²) < 4.78 is 31.6. The molecule has 0 spiro atoms. The van der Waals surface area contributed by atoms with Crippen LogP contribution in [0, 0.1) is 6.92 Å². The zero-order valence-electron chi connectivity index (χ0n) is 15.8. The number of aryl methyl sites for hydroxylation is 1. The summed E-state index contributed by atoms with van der Waals surface area (Å²) >= 11 is 0. The van der Waals surface area contributed by atoms with Crippen LogP contribution in [0.5, 0.6) is 0 Å². The topological polar surface area (TPSA) is 79.6 Å². The number of hydrogen-bond donors (Lipinski definition) is 1. The third kappa shape index (κ3) is 3.26. The molecule has 28 heavy (non-hydrogen) atoms. The van der Waals surface area contributed by atoms with Crippen molar-refractivity contribution in [1.82, 2.24) is 5.32 Å². The summed E-state index contributed by atoms with van der Waals surface area (Å²) in [5.74, 6) is 0.588. The highest BCUT2D eigenvalue weighted by Gasteiger charge is 2.29. The first-order valence-corrected chi connectivity index (χ1v) is 10.9. The normalized spacial score (nSPS) is 17.0. The number of nitrogens with one attached hydrogen (secondary N) is 1. The van der Waals surface area contributed by atoms with Crippen molar-refractivity contribution in [1.29, 1.82) is 0 Å². The van der Waals surface area contributed by atoms with Crippen LogP contribution in [0.4, 0.5) is 5.69 Å². The van der Waals surface area contributed by atoms with Crippen molar-refractivity contribution in [3.63, 3.8) is 0 Å². The van der Waals surface area contributed by atoms with Crippen LogP contribution in [0.3, 0.4) is 0 Å². The Morgan fingerprint density at radius 2 is 1.96 bits per heavy atom. The predicted octanol–water partition coefficient (Wildman–Crippen LogP) is 3.77. The molecule has 1 aromatic heterocycles. The van der Waals surface area contributed by atoms with Crippen molar-refractivity contribution in [3.8, 4) is 0 Å². The van der Waals surface area contributed by atoms with Crippen molar-refractivity contribution in [2.24, 2.45) is 0 Å². The third-order valence-electron chi connectivity index (χ3n) is 5.12. The predicted molar refractivity (Wildman–Crippen MR) is 109 cm³/mol. The fourth-order valence-electron chi connectivity index (χ4n) is 3.68. The number of carbonyl (C=O) groups excluding carboxylic acids is 1. The molecule has 4 rings (SSSR count). The van der Waals surface area contributed by atoms with Gasteiger partial charge in [-0.15, -0.1) is 0 Å². The number of amides is 1. The van der Waals surface area contributed by atoms with Crippen molar-refractivity contribution < 1.29 is 17.6 Å². The monoisotopic (exact) mass is 398 g/mol. The van der Waals surface area contributed by atoms with Gasteiger partial charge in [-0.05, 0) is 44.5 Å². The highest BCUT2D eigenvalue weighted by molar-refractivity contribution is 7.93. The average molecular weight is 398 g/mol. The molecule has 2 aromatic carbocycles. The van der Waals surface area contributed by atoms with Crippen molar-refractivity contribution in [3.05, 3.63) is 65.4 Å². The van der Waals surface area contributed by atoms with Crippen molar-refractivity contribution in [2.45, 2.75) is 26.3 Å². The standard InChI is InChI=1S/C21H22N2O4S/c1-14-18-9-3-4-10-19(18)27-20(14)15(2)22-21(24)16-7-5-8-17(13-16)23-11-6-12-28(23,25)26/h3-5,7-10,13,15H,6,11-12H2,1-2H3,(H,22,24). The van der Waals surface area contributed by atoms with Crippen molar-refractivity contribution >= 4 is 32.6 Å². The summed E-state index contributed by atoms with van der Waals surface area (Å²) in [6, 6.07) is 14.2. The Labute approximate surface area is 164 Å². The Morgan fingerprint density at radius 3 is 2.68 bits per heavy atom. The van der Waals surface area contributed by atoms with Gasteiger partial charge < -0.3 is 9.73 Å². The molecule has 1 fully saturated rings. The lowest BCUT2D eigenvalue weighted by Crippen LogP contribution is -2.28. The van der Waals surface area contributed by atoms with E-state index in [9.17, 15) is 13.2 Å². The summed E-state index contributed by atoms with van der Waals surface area (Å²) in [5.41, 5.74) is 2.73. The molecule has 7 heteroatoms. The van der Waals surface area contributed by atoms with Crippen LogP contribution >= 0.6 is 0 Å². The fraction of sp³-hybridized carbons (Fsp3) is 0.286. The summed E-state index contributed by atoms with van der Waals surface area (Å²) in [7, 11) is -3.28. The molecule has 1 aliphatic heterocycles. The van der Waals surface area contributed by atoms with E-state index in [1.165, 1.54) is 4.31 Å². The van der Waals surface area contributed by atoms with E-state index in [-0.39, 0.29) is 17.7 Å². The van der Waals surface area contributed by atoms with E-state index in [1.54, 1.807) is 24.3 Å². The van der Waals surface area contributed by atoms with Crippen LogP contribution in [-0.2, 0) is 10.0 Å². The van der Waals surface area contributed by atoms with Gasteiger partial charge in [0.15, 0.2) is 0 Å². The minimum absolute atomic E-state index is 0.145. The number of furan rings is 1. The summed E-state index contributed by atoms with van der Waals surface area (Å²) in [6.45, 7) is 4.29. The second-order valence-corrected chi connectivity index (χ2v) is 9.09. The number of benzene rings is 2. The van der Waals surface area contributed by atoms with E-state index in [0.29, 0.717) is 30.0 Å². The number of para-hydroxylation sites is 1. The largest absolute Gasteiger partial charge is 0.459 e. The van der Waals surface area contributed by atoms with Gasteiger partial charge in [0.25, 0.3) is 5.91 Å². The molecule has 1 amide bonds. The summed E-state index contributed by atoms with van der Waals surface area (Å²) in [4.78, 5) is 12.8. The Bertz CT molecular complexity index is 1150. The molecule has 0 aliphatic carbocycles. The van der Waals surface area contributed by atoms with Crippen LogP contribution < -0.4 is 9.62 Å². The highest BCUT2D eigenvalue weighted by atomic mass is 32.2. The molecule has 6 nitrogen and oxygen atoms in total. The molecule has 1 unspecified atom stereocenters. The lowest BCUT2D eigenvalue weighted by atomic mass is 10.1. The number of carbonyl (C=O) groups is 1. The maximum absolute atomic E-state index is 12.8. The van der Waals surface area contributed by atoms with Crippen LogP contribution in [0.2, 0.25) is 0 Å². The van der Waals surface area contributed by atoms with Crippen LogP contribution in [0.15, 0.2) is 52.9 Å². The second-order valence-electron chi connectivity index (χ2n) is 7.07. The van der Waals surface area contributed by atoms with Crippen LogP contribution in [-0.4, -0.2) is 26.6 Å². The van der Waals surface area contributed by atoms with Gasteiger partial charge >= 0.3 is 0 Å². The first-order valence-electron chi connectivity index (χ1n) is 9.26. The SMILES string of the molecule is Cc1c(C(C)NC(=O)c2cccc(N3CCCS3(=O)=O)c2)oc2ccccc12. The van der Waals surface area contributed by atoms with Crippen molar-refractivity contribution in [2.75, 3.05) is 16.6 Å². The van der Waals surface area contributed by atoms with Gasteiger partial charge in [0, 0.05) is 23.1 Å². The lowest BCUT2D eigenvalue weighted by molar-refractivity contribution is 0.0935. The molecule has 0 saturated carbocycles. The Hall–Kier alpha value is -2.80. The summed E-state index contributed by atoms with van der Waals surface area (Å²) in [5, 5.41) is 3.98. The molecule has 3 aromatic rings. The van der Waals surface area contributed by atoms with Gasteiger partial charge in [-0.2, -0.15) is 0 Å². The number of fused-ring (bicyclic) bond motifs is 1. The lowest BCUT2D eigenvalue weighted by Gasteiger charge is -2.18. The van der Waals surface area contributed by atoms with E-state index < -0.39 is 10.0 Å². The Morgan fingerprint density at radius 1 is 1.18 bits per heavy atom. The Balaban J connectivity index is 1.56. The zero-order chi connectivity index (χ0) is 19.9. The number of hydrogen-bond acceptors (Lipinski definition) is 4. The molecule has 1 aliphatic rings. The first-order chi connectivity index (χ1) is 13.4. The quantitative estimate of drug-likeness (QED) is 0.725. The van der Waals surface area contributed by atoms with E-state index in [0.717, 1.165) is 16.5 Å². The highest BCUT2D eigenvalue weighted by Crippen LogP contribution is 2.30. The number of nitrogens with zero attached hydrogens (tertiary/aromatic N) is 1. The van der Waals surface area contributed by atoms with Gasteiger partial charge in [-0.1, -0.05) is 24.3 Å². The maximum Gasteiger partial charge on any atom is 0.251 e. The number of anilines is 1. The van der Waals surface area contributed by atoms with E-state index in [2.05, 4.69) is 5.32 Å². The molecule has 1 atom stereocenters. The van der Waals surface area contributed by atoms with Gasteiger partial charge in [-0.3, -0.25) is 9.10 Å². The van der Waals surface area contributed by atoms with E-state index in [4.69, 9.17) is 4.42 Å². The van der Waals surface area contributed by atoms with Gasteiger partial charge in [0.2, 0.25) is 10.0 Å². The Kier molecular flexibility index (Phi) is 4.63. The second kappa shape index (κ2) is 6.98. The average Bonchev–Trinajstić information content (AvgIpc) is 3.21. The molecule has 0 radical (unpaired) electrons. The van der Waals surface area contributed by atoms with E-state index >= 15 is 0 Å². The molecule has 1 N–H and O–H groups in total. The maximum atomic E-state index is 12.8. The van der Waals surface area contributed by atoms with Gasteiger partial charge in [0.1, 0.15) is 11.3 Å². The third-order valence-corrected chi connectivity index (χ3v) is 6.99. The summed E-state index contributed by atoms with van der Waals surface area (Å²) in [6.07, 6.45) is 0.598. The minimum atomic E-state index is -3.28. The van der Waals surface area contributed by atoms with Crippen LogP contribution in [0.25, 0.3) is 11.0 Å². The molecule has 2 heterocycles. The zero-order valence-corrected chi connectivity index (χ0v) is 16.6. The number of rotatable bonds is 4. The fourth-order valence-corrected chi connectivity index (χ4v) is 5.24. The first kappa shape index (κ1) is 18.6.